The molecule has 0 heterocycles. The number of hydrogen-bond acceptors (Lipinski definition) is 1. The van der Waals surface area contributed by atoms with Crippen LogP contribution in [0, 0.1) is 5.92 Å². The number of alkyl halides is 3. The van der Waals surface area contributed by atoms with Crippen molar-refractivity contribution in [1.29, 1.82) is 0 Å². The molecule has 0 aromatic heterocycles. The quantitative estimate of drug-likeness (QED) is 0.608. The molecular formula is C6H10F3O. The molecule has 0 aliphatic carbocycles. The van der Waals surface area contributed by atoms with E-state index in [1.54, 1.807) is 13.8 Å². The van der Waals surface area contributed by atoms with Gasteiger partial charge in [0.25, 0.3) is 0 Å². The molecule has 0 aliphatic heterocycles. The van der Waals surface area contributed by atoms with Crippen molar-refractivity contribution in [3.8, 4) is 0 Å². The smallest absolute Gasteiger partial charge is 0.292 e. The minimum absolute atomic E-state index is 0.272. The normalized spacial score (nSPS) is 12.6. The predicted molar refractivity (Wildman–Crippen MR) is 31.2 cm³/mol. The summed E-state index contributed by atoms with van der Waals surface area (Å²) in [5, 5.41) is 0. The third-order valence-corrected chi connectivity index (χ3v) is 0.868. The Morgan fingerprint density at radius 1 is 1.30 bits per heavy atom. The molecular weight excluding hydrogens is 145 g/mol. The monoisotopic (exact) mass is 155 g/mol. The Balaban J connectivity index is 3.21. The summed E-state index contributed by atoms with van der Waals surface area (Å²) in [6.45, 7) is 3.26. The molecule has 10 heavy (non-hydrogen) atoms. The number of ether oxygens (including phenoxy) is 1. The first-order valence-electron chi connectivity index (χ1n) is 2.91. The number of hydrogen-bond donors (Lipinski definition) is 0. The zero-order chi connectivity index (χ0) is 8.20. The van der Waals surface area contributed by atoms with Gasteiger partial charge in [-0.25, -0.2) is 0 Å². The molecule has 1 nitrogen and oxygen atoms in total. The fourth-order valence-electron chi connectivity index (χ4n) is 0.371. The third-order valence-electron chi connectivity index (χ3n) is 0.868. The van der Waals surface area contributed by atoms with Crippen molar-refractivity contribution in [3.05, 3.63) is 5.92 Å². The maximum absolute atomic E-state index is 11.3. The van der Waals surface area contributed by atoms with Crippen LogP contribution in [0.25, 0.3) is 0 Å². The first-order valence-corrected chi connectivity index (χ1v) is 2.91. The highest BCUT2D eigenvalue weighted by Gasteiger charge is 2.28. The first-order chi connectivity index (χ1) is 4.42. The molecule has 0 rings (SSSR count). The fraction of sp³-hybridized carbons (Fsp3) is 0.833. The van der Waals surface area contributed by atoms with E-state index in [9.17, 15) is 13.2 Å². The predicted octanol–water partition coefficient (Wildman–Crippen LogP) is 2.53. The summed E-state index contributed by atoms with van der Waals surface area (Å²) in [5.74, 6) is 0.934. The molecule has 0 bridgehead atoms. The molecule has 0 fully saturated rings. The van der Waals surface area contributed by atoms with Crippen molar-refractivity contribution in [2.24, 2.45) is 0 Å². The molecule has 0 amide bonds. The van der Waals surface area contributed by atoms with E-state index in [1.165, 1.54) is 0 Å². The van der Waals surface area contributed by atoms with Crippen molar-refractivity contribution in [2.45, 2.75) is 26.6 Å². The van der Waals surface area contributed by atoms with E-state index in [1.807, 2.05) is 0 Å². The van der Waals surface area contributed by atoms with E-state index < -0.39 is 6.36 Å². The van der Waals surface area contributed by atoms with Crippen LogP contribution in [-0.2, 0) is 4.74 Å². The van der Waals surface area contributed by atoms with E-state index in [-0.39, 0.29) is 6.61 Å². The summed E-state index contributed by atoms with van der Waals surface area (Å²) in [7, 11) is 0. The number of halogens is 3. The summed E-state index contributed by atoms with van der Waals surface area (Å²) in [4.78, 5) is 0. The van der Waals surface area contributed by atoms with Gasteiger partial charge < -0.3 is 0 Å². The Kier molecular flexibility index (Phi) is 3.71. The van der Waals surface area contributed by atoms with Crippen molar-refractivity contribution < 1.29 is 17.9 Å². The van der Waals surface area contributed by atoms with E-state index in [0.717, 1.165) is 5.92 Å². The van der Waals surface area contributed by atoms with E-state index in [0.29, 0.717) is 6.42 Å². The average Bonchev–Trinajstić information content (AvgIpc) is 1.59. The van der Waals surface area contributed by atoms with Crippen molar-refractivity contribution in [3.63, 3.8) is 0 Å². The molecule has 61 valence electrons. The molecule has 0 aliphatic rings. The lowest BCUT2D eigenvalue weighted by atomic mass is 10.1. The van der Waals surface area contributed by atoms with Crippen LogP contribution in [-0.4, -0.2) is 13.0 Å². The van der Waals surface area contributed by atoms with E-state index in [4.69, 9.17) is 0 Å². The maximum Gasteiger partial charge on any atom is 0.522 e. The molecule has 0 aromatic rings. The van der Waals surface area contributed by atoms with Gasteiger partial charge in [0.1, 0.15) is 0 Å². The molecule has 0 atom stereocenters. The van der Waals surface area contributed by atoms with Gasteiger partial charge in [-0.3, -0.25) is 4.74 Å². The van der Waals surface area contributed by atoms with Crippen molar-refractivity contribution in [1.82, 2.24) is 0 Å². The van der Waals surface area contributed by atoms with Gasteiger partial charge in [-0.05, 0) is 12.3 Å². The molecule has 1 radical (unpaired) electrons. The lowest BCUT2D eigenvalue weighted by molar-refractivity contribution is -0.324. The minimum atomic E-state index is -4.48. The molecule has 0 spiro atoms. The zero-order valence-electron chi connectivity index (χ0n) is 5.96. The van der Waals surface area contributed by atoms with Crippen LogP contribution in [0.5, 0.6) is 0 Å². The van der Waals surface area contributed by atoms with Crippen LogP contribution in [0.3, 0.4) is 0 Å². The molecule has 0 N–H and O–H groups in total. The maximum atomic E-state index is 11.3. The highest BCUT2D eigenvalue weighted by molar-refractivity contribution is 4.75. The minimum Gasteiger partial charge on any atom is -0.292 e. The summed E-state index contributed by atoms with van der Waals surface area (Å²) in [6, 6.07) is 0. The van der Waals surface area contributed by atoms with Crippen LogP contribution >= 0.6 is 0 Å². The average molecular weight is 155 g/mol. The van der Waals surface area contributed by atoms with E-state index >= 15 is 0 Å². The largest absolute Gasteiger partial charge is 0.522 e. The fourth-order valence-corrected chi connectivity index (χ4v) is 0.371. The topological polar surface area (TPSA) is 9.23 Å². The Morgan fingerprint density at radius 2 is 1.80 bits per heavy atom. The van der Waals surface area contributed by atoms with Gasteiger partial charge in [0.2, 0.25) is 0 Å². The van der Waals surface area contributed by atoms with Crippen LogP contribution in [0.1, 0.15) is 20.3 Å². The molecule has 0 saturated heterocycles. The van der Waals surface area contributed by atoms with Gasteiger partial charge in [-0.2, -0.15) is 0 Å². The molecule has 0 aromatic carbocycles. The highest BCUT2D eigenvalue weighted by atomic mass is 19.4. The summed E-state index contributed by atoms with van der Waals surface area (Å²) in [6.07, 6.45) is -4.12. The summed E-state index contributed by atoms with van der Waals surface area (Å²) >= 11 is 0. The third kappa shape index (κ3) is 7.75. The van der Waals surface area contributed by atoms with E-state index in [2.05, 4.69) is 4.74 Å². The standard InChI is InChI=1S/C6H10F3O/c1-5(2)3-4-10-6(7,8)9/h3-4H2,1-2H3. The second-order valence-corrected chi connectivity index (χ2v) is 2.25. The Hall–Kier alpha value is -0.250. The van der Waals surface area contributed by atoms with Crippen LogP contribution in [0.4, 0.5) is 13.2 Å². The zero-order valence-corrected chi connectivity index (χ0v) is 5.96. The van der Waals surface area contributed by atoms with Crippen LogP contribution < -0.4 is 0 Å². The lowest BCUT2D eigenvalue weighted by Gasteiger charge is -2.07. The second-order valence-electron chi connectivity index (χ2n) is 2.25. The molecule has 0 saturated carbocycles. The Labute approximate surface area is 58.2 Å². The van der Waals surface area contributed by atoms with Gasteiger partial charge >= 0.3 is 6.36 Å². The van der Waals surface area contributed by atoms with Crippen LogP contribution in [0.2, 0.25) is 0 Å². The van der Waals surface area contributed by atoms with Gasteiger partial charge in [-0.15, -0.1) is 13.2 Å². The van der Waals surface area contributed by atoms with Gasteiger partial charge in [0.15, 0.2) is 0 Å². The van der Waals surface area contributed by atoms with Gasteiger partial charge in [0, 0.05) is 0 Å². The Morgan fingerprint density at radius 3 is 2.10 bits per heavy atom. The van der Waals surface area contributed by atoms with Gasteiger partial charge in [-0.1, -0.05) is 13.8 Å². The number of rotatable bonds is 3. The van der Waals surface area contributed by atoms with Crippen molar-refractivity contribution in [2.75, 3.05) is 6.61 Å². The lowest BCUT2D eigenvalue weighted by Crippen LogP contribution is -2.14. The first kappa shape index (κ1) is 9.75. The van der Waals surface area contributed by atoms with Crippen LogP contribution in [0.15, 0.2) is 0 Å². The summed E-state index contributed by atoms with van der Waals surface area (Å²) < 4.78 is 37.3. The molecule has 0 unspecified atom stereocenters. The molecule has 4 heteroatoms. The van der Waals surface area contributed by atoms with Gasteiger partial charge in [0.05, 0.1) is 6.61 Å². The Bertz CT molecular complexity index is 87.5. The second kappa shape index (κ2) is 3.81. The van der Waals surface area contributed by atoms with Crippen molar-refractivity contribution >= 4 is 0 Å². The highest BCUT2D eigenvalue weighted by Crippen LogP contribution is 2.17. The SMILES string of the molecule is C[C](C)CCOC(F)(F)F. The summed E-state index contributed by atoms with van der Waals surface area (Å²) in [5.41, 5.74) is 0.